The zero-order valence-electron chi connectivity index (χ0n) is 12.8. The van der Waals surface area contributed by atoms with E-state index in [-0.39, 0.29) is 24.2 Å². The van der Waals surface area contributed by atoms with E-state index in [9.17, 15) is 9.59 Å². The Hall–Kier alpha value is -2.64. The molecule has 0 aromatic carbocycles. The average molecular weight is 305 g/mol. The maximum atomic E-state index is 12.2. The SMILES string of the molecule is CCn1cc(C(C)NC(=O)c2ccn(CC(=O)O)n2)c(C)n1. The number of aryl methyl sites for hydroxylation is 2. The number of nitrogens with zero attached hydrogens (tertiary/aromatic N) is 4. The number of aliphatic carboxylic acids is 1. The predicted octanol–water partition coefficient (Wildman–Crippen LogP) is 0.984. The summed E-state index contributed by atoms with van der Waals surface area (Å²) in [7, 11) is 0. The molecule has 0 radical (unpaired) electrons. The lowest BCUT2D eigenvalue weighted by atomic mass is 10.1. The van der Waals surface area contributed by atoms with Crippen molar-refractivity contribution >= 4 is 11.9 Å². The van der Waals surface area contributed by atoms with Gasteiger partial charge in [-0.2, -0.15) is 10.2 Å². The molecular weight excluding hydrogens is 286 g/mol. The van der Waals surface area contributed by atoms with Crippen molar-refractivity contribution in [3.8, 4) is 0 Å². The number of aromatic nitrogens is 4. The molecule has 2 N–H and O–H groups in total. The molecule has 0 saturated carbocycles. The van der Waals surface area contributed by atoms with Gasteiger partial charge in [0.15, 0.2) is 0 Å². The standard InChI is InChI=1S/C14H19N5O3/c1-4-18-7-11(10(3)16-18)9(2)15-14(22)12-5-6-19(17-12)8-13(20)21/h5-7,9H,4,8H2,1-3H3,(H,15,22)(H,20,21). The maximum absolute atomic E-state index is 12.2. The summed E-state index contributed by atoms with van der Waals surface area (Å²) in [6.45, 7) is 6.25. The lowest BCUT2D eigenvalue weighted by Gasteiger charge is -2.12. The molecule has 0 aliphatic rings. The quantitative estimate of drug-likeness (QED) is 0.828. The zero-order chi connectivity index (χ0) is 16.3. The fourth-order valence-electron chi connectivity index (χ4n) is 2.18. The number of hydrogen-bond acceptors (Lipinski definition) is 4. The molecule has 8 nitrogen and oxygen atoms in total. The van der Waals surface area contributed by atoms with Gasteiger partial charge >= 0.3 is 5.97 Å². The van der Waals surface area contributed by atoms with E-state index in [0.717, 1.165) is 17.8 Å². The largest absolute Gasteiger partial charge is 0.480 e. The van der Waals surface area contributed by atoms with Crippen molar-refractivity contribution < 1.29 is 14.7 Å². The fraction of sp³-hybridized carbons (Fsp3) is 0.429. The van der Waals surface area contributed by atoms with Crippen LogP contribution in [0.25, 0.3) is 0 Å². The molecule has 0 aliphatic heterocycles. The monoisotopic (exact) mass is 305 g/mol. The van der Waals surface area contributed by atoms with Crippen LogP contribution >= 0.6 is 0 Å². The van der Waals surface area contributed by atoms with E-state index in [1.54, 1.807) is 0 Å². The van der Waals surface area contributed by atoms with Crippen molar-refractivity contribution in [1.82, 2.24) is 24.9 Å². The molecule has 1 atom stereocenters. The Morgan fingerprint density at radius 2 is 2.09 bits per heavy atom. The lowest BCUT2D eigenvalue weighted by Crippen LogP contribution is -2.27. The van der Waals surface area contributed by atoms with Crippen molar-refractivity contribution in [1.29, 1.82) is 0 Å². The molecule has 8 heteroatoms. The Balaban J connectivity index is 2.05. The van der Waals surface area contributed by atoms with Gasteiger partial charge in [0.05, 0.1) is 11.7 Å². The van der Waals surface area contributed by atoms with E-state index in [2.05, 4.69) is 15.5 Å². The Morgan fingerprint density at radius 1 is 1.36 bits per heavy atom. The minimum atomic E-state index is -1.01. The van der Waals surface area contributed by atoms with Gasteiger partial charge in [-0.15, -0.1) is 0 Å². The number of carbonyl (C=O) groups excluding carboxylic acids is 1. The van der Waals surface area contributed by atoms with Crippen molar-refractivity contribution in [3.63, 3.8) is 0 Å². The van der Waals surface area contributed by atoms with Crippen LogP contribution in [-0.4, -0.2) is 36.5 Å². The average Bonchev–Trinajstić information content (AvgIpc) is 3.04. The Labute approximate surface area is 127 Å². The number of carbonyl (C=O) groups is 2. The molecule has 0 bridgehead atoms. The van der Waals surface area contributed by atoms with Crippen LogP contribution in [0.2, 0.25) is 0 Å². The van der Waals surface area contributed by atoms with Crippen molar-refractivity contribution in [2.75, 3.05) is 0 Å². The first-order valence-electron chi connectivity index (χ1n) is 7.00. The summed E-state index contributed by atoms with van der Waals surface area (Å²) in [6, 6.07) is 1.28. The van der Waals surface area contributed by atoms with Crippen LogP contribution in [0.5, 0.6) is 0 Å². The molecule has 22 heavy (non-hydrogen) atoms. The van der Waals surface area contributed by atoms with E-state index in [0.29, 0.717) is 0 Å². The van der Waals surface area contributed by atoms with Crippen LogP contribution in [0, 0.1) is 6.92 Å². The van der Waals surface area contributed by atoms with Gasteiger partial charge < -0.3 is 10.4 Å². The van der Waals surface area contributed by atoms with E-state index in [4.69, 9.17) is 5.11 Å². The zero-order valence-corrected chi connectivity index (χ0v) is 12.8. The predicted molar refractivity (Wildman–Crippen MR) is 78.4 cm³/mol. The summed E-state index contributed by atoms with van der Waals surface area (Å²) < 4.78 is 3.02. The van der Waals surface area contributed by atoms with Crippen molar-refractivity contribution in [3.05, 3.63) is 35.4 Å². The highest BCUT2D eigenvalue weighted by molar-refractivity contribution is 5.92. The minimum Gasteiger partial charge on any atom is -0.480 e. The number of amides is 1. The van der Waals surface area contributed by atoms with Gasteiger partial charge in [0, 0.05) is 24.5 Å². The van der Waals surface area contributed by atoms with Crippen LogP contribution in [0.15, 0.2) is 18.5 Å². The third kappa shape index (κ3) is 3.51. The smallest absolute Gasteiger partial charge is 0.325 e. The summed E-state index contributed by atoms with van der Waals surface area (Å²) in [5.41, 5.74) is 2.00. The molecule has 1 unspecified atom stereocenters. The highest BCUT2D eigenvalue weighted by atomic mass is 16.4. The van der Waals surface area contributed by atoms with Crippen LogP contribution in [0.4, 0.5) is 0 Å². The summed E-state index contributed by atoms with van der Waals surface area (Å²) in [5.74, 6) is -1.36. The fourth-order valence-corrected chi connectivity index (χ4v) is 2.18. The lowest BCUT2D eigenvalue weighted by molar-refractivity contribution is -0.137. The first kappa shape index (κ1) is 15.7. The Kier molecular flexibility index (Phi) is 4.59. The molecule has 2 rings (SSSR count). The molecule has 2 heterocycles. The van der Waals surface area contributed by atoms with Gasteiger partial charge in [0.1, 0.15) is 12.2 Å². The minimum absolute atomic E-state index is 0.189. The molecule has 2 aromatic rings. The van der Waals surface area contributed by atoms with Gasteiger partial charge in [-0.05, 0) is 26.8 Å². The molecule has 0 aliphatic carbocycles. The molecule has 0 saturated heterocycles. The number of carboxylic acid groups (broad SMARTS) is 1. The molecular formula is C14H19N5O3. The van der Waals surface area contributed by atoms with Crippen molar-refractivity contribution in [2.45, 2.75) is 39.9 Å². The topological polar surface area (TPSA) is 102 Å². The second-order valence-corrected chi connectivity index (χ2v) is 5.01. The Bertz CT molecular complexity index is 688. The summed E-state index contributed by atoms with van der Waals surface area (Å²) >= 11 is 0. The summed E-state index contributed by atoms with van der Waals surface area (Å²) in [6.07, 6.45) is 3.37. The van der Waals surface area contributed by atoms with Crippen LogP contribution in [0.3, 0.4) is 0 Å². The van der Waals surface area contributed by atoms with E-state index in [1.165, 1.54) is 16.9 Å². The summed E-state index contributed by atoms with van der Waals surface area (Å²) in [5, 5.41) is 19.8. The van der Waals surface area contributed by atoms with Crippen molar-refractivity contribution in [2.24, 2.45) is 0 Å². The number of rotatable bonds is 6. The highest BCUT2D eigenvalue weighted by Crippen LogP contribution is 2.16. The van der Waals surface area contributed by atoms with Gasteiger partial charge in [-0.3, -0.25) is 19.0 Å². The third-order valence-electron chi connectivity index (χ3n) is 3.29. The normalized spacial score (nSPS) is 12.1. The van der Waals surface area contributed by atoms with Crippen LogP contribution in [0.1, 0.15) is 41.6 Å². The van der Waals surface area contributed by atoms with Gasteiger partial charge in [0.25, 0.3) is 5.91 Å². The number of hydrogen-bond donors (Lipinski definition) is 2. The van der Waals surface area contributed by atoms with E-state index >= 15 is 0 Å². The number of nitrogens with one attached hydrogen (secondary N) is 1. The molecule has 1 amide bonds. The molecule has 118 valence electrons. The van der Waals surface area contributed by atoms with Gasteiger partial charge in [0.2, 0.25) is 0 Å². The van der Waals surface area contributed by atoms with Crippen LogP contribution in [-0.2, 0) is 17.9 Å². The van der Waals surface area contributed by atoms with E-state index < -0.39 is 5.97 Å². The van der Waals surface area contributed by atoms with Gasteiger partial charge in [-0.25, -0.2) is 0 Å². The summed E-state index contributed by atoms with van der Waals surface area (Å²) in [4.78, 5) is 22.8. The van der Waals surface area contributed by atoms with Crippen LogP contribution < -0.4 is 5.32 Å². The molecule has 0 fully saturated rings. The second kappa shape index (κ2) is 6.42. The molecule has 2 aromatic heterocycles. The highest BCUT2D eigenvalue weighted by Gasteiger charge is 2.17. The first-order chi connectivity index (χ1) is 10.4. The van der Waals surface area contributed by atoms with E-state index in [1.807, 2.05) is 31.6 Å². The number of carboxylic acids is 1. The Morgan fingerprint density at radius 3 is 2.68 bits per heavy atom. The van der Waals surface area contributed by atoms with Gasteiger partial charge in [-0.1, -0.05) is 0 Å². The first-order valence-corrected chi connectivity index (χ1v) is 7.00. The molecule has 0 spiro atoms. The second-order valence-electron chi connectivity index (χ2n) is 5.01. The third-order valence-corrected chi connectivity index (χ3v) is 3.29. The maximum Gasteiger partial charge on any atom is 0.325 e.